The van der Waals surface area contributed by atoms with Gasteiger partial charge in [-0.05, 0) is 29.2 Å². The third kappa shape index (κ3) is 4.87. The summed E-state index contributed by atoms with van der Waals surface area (Å²) in [7, 11) is 0. The van der Waals surface area contributed by atoms with Gasteiger partial charge in [0, 0.05) is 19.4 Å². The fourth-order valence-electron chi connectivity index (χ4n) is 3.68. The van der Waals surface area contributed by atoms with Gasteiger partial charge < -0.3 is 4.74 Å². The molecule has 2 aromatic rings. The number of likely N-dealkylation sites (N-methyl/N-ethyl adjacent to an activating group) is 1. The average molecular weight is 380 g/mol. The molecule has 148 valence electrons. The minimum Gasteiger partial charge on any atom is -0.455 e. The third-order valence-electron chi connectivity index (χ3n) is 5.42. The zero-order chi connectivity index (χ0) is 20.1. The lowest BCUT2D eigenvalue weighted by Gasteiger charge is -2.37. The van der Waals surface area contributed by atoms with Gasteiger partial charge in [0.25, 0.3) is 0 Å². The zero-order valence-electron chi connectivity index (χ0n) is 16.9. The summed E-state index contributed by atoms with van der Waals surface area (Å²) in [6.45, 7) is 7.64. The largest absolute Gasteiger partial charge is 0.455 e. The molecular formula is C24H29NO3. The highest BCUT2D eigenvalue weighted by atomic mass is 16.5. The highest BCUT2D eigenvalue weighted by molar-refractivity contribution is 5.88. The van der Waals surface area contributed by atoms with Gasteiger partial charge in [-0.1, -0.05) is 75.4 Å². The molecular weight excluding hydrogens is 350 g/mol. The fraction of sp³-hybridized carbons (Fsp3) is 0.417. The number of hydrogen-bond donors (Lipinski definition) is 0. The molecule has 2 unspecified atom stereocenters. The van der Waals surface area contributed by atoms with Crippen LogP contribution in [0.15, 0.2) is 54.6 Å². The monoisotopic (exact) mass is 379 g/mol. The molecule has 0 N–H and O–H groups in total. The molecule has 3 rings (SSSR count). The number of Topliss-reactive ketones (excluding diaryl/α,β-unsaturated/α-hetero) is 1. The normalized spacial score (nSPS) is 20.2. The summed E-state index contributed by atoms with van der Waals surface area (Å²) >= 11 is 0. The molecule has 4 nitrogen and oxygen atoms in total. The van der Waals surface area contributed by atoms with E-state index in [0.29, 0.717) is 25.4 Å². The van der Waals surface area contributed by atoms with Gasteiger partial charge in [-0.2, -0.15) is 0 Å². The van der Waals surface area contributed by atoms with Crippen LogP contribution in [0.2, 0.25) is 0 Å². The number of rotatable bonds is 7. The summed E-state index contributed by atoms with van der Waals surface area (Å²) in [5.74, 6) is 0.235. The molecule has 2 atom stereocenters. The van der Waals surface area contributed by atoms with Crippen molar-refractivity contribution in [2.24, 2.45) is 0 Å². The second-order valence-electron chi connectivity index (χ2n) is 7.76. The zero-order valence-corrected chi connectivity index (χ0v) is 16.9. The minimum absolute atomic E-state index is 0.0656. The van der Waals surface area contributed by atoms with Gasteiger partial charge >= 0.3 is 5.97 Å². The van der Waals surface area contributed by atoms with Gasteiger partial charge in [0.05, 0.1) is 0 Å². The molecule has 1 aliphatic rings. The number of cyclic esters (lactones) is 1. The minimum atomic E-state index is -0.493. The van der Waals surface area contributed by atoms with E-state index < -0.39 is 6.04 Å². The number of hydrogen-bond acceptors (Lipinski definition) is 4. The molecule has 1 heterocycles. The molecule has 2 aromatic carbocycles. The number of nitrogens with zero attached hydrogens (tertiary/aromatic N) is 1. The van der Waals surface area contributed by atoms with Crippen LogP contribution in [-0.4, -0.2) is 35.8 Å². The van der Waals surface area contributed by atoms with Crippen LogP contribution in [0.25, 0.3) is 0 Å². The first kappa shape index (κ1) is 20.3. The van der Waals surface area contributed by atoms with Gasteiger partial charge in [0.15, 0.2) is 0 Å². The smallest absolute Gasteiger partial charge is 0.324 e. The Hall–Kier alpha value is -2.46. The van der Waals surface area contributed by atoms with Crippen molar-refractivity contribution in [3.8, 4) is 0 Å². The number of carbonyl (C=O) groups is 2. The Kier molecular flexibility index (Phi) is 6.63. The predicted molar refractivity (Wildman–Crippen MR) is 110 cm³/mol. The van der Waals surface area contributed by atoms with E-state index >= 15 is 0 Å². The molecule has 0 amide bonds. The summed E-state index contributed by atoms with van der Waals surface area (Å²) in [5.41, 5.74) is 3.24. The van der Waals surface area contributed by atoms with Crippen LogP contribution in [0.3, 0.4) is 0 Å². The maximum absolute atomic E-state index is 12.6. The van der Waals surface area contributed by atoms with E-state index in [4.69, 9.17) is 4.74 Å². The lowest BCUT2D eigenvalue weighted by atomic mass is 9.97. The molecule has 0 aromatic heterocycles. The Morgan fingerprint density at radius 3 is 2.39 bits per heavy atom. The Labute approximate surface area is 167 Å². The molecule has 1 fully saturated rings. The van der Waals surface area contributed by atoms with Gasteiger partial charge in [0.2, 0.25) is 0 Å². The van der Waals surface area contributed by atoms with Crippen LogP contribution in [-0.2, 0) is 20.7 Å². The Bertz CT molecular complexity index is 798. The third-order valence-corrected chi connectivity index (χ3v) is 5.42. The van der Waals surface area contributed by atoms with Crippen LogP contribution in [0.5, 0.6) is 0 Å². The molecule has 1 saturated heterocycles. The Morgan fingerprint density at radius 1 is 1.11 bits per heavy atom. The predicted octanol–water partition coefficient (Wildman–Crippen LogP) is 4.30. The highest BCUT2D eigenvalue weighted by Crippen LogP contribution is 2.27. The Morgan fingerprint density at radius 2 is 1.79 bits per heavy atom. The van der Waals surface area contributed by atoms with Gasteiger partial charge in [-0.25, -0.2) is 0 Å². The van der Waals surface area contributed by atoms with Crippen LogP contribution in [0.4, 0.5) is 0 Å². The standard InChI is InChI=1S/C24H29NO3/c1-4-25-16-23(20-8-6-5-7-9-20)28-24(27)22(25)15-21(26)14-18-10-12-19(13-11-18)17(2)3/h5-13,17,22-23H,4,14-16H2,1-3H3. The molecule has 1 aliphatic heterocycles. The van der Waals surface area contributed by atoms with Crippen LogP contribution in [0.1, 0.15) is 55.9 Å². The van der Waals surface area contributed by atoms with Gasteiger partial charge in [-0.3, -0.25) is 14.5 Å². The summed E-state index contributed by atoms with van der Waals surface area (Å²) < 4.78 is 5.68. The highest BCUT2D eigenvalue weighted by Gasteiger charge is 2.37. The van der Waals surface area contributed by atoms with Crippen molar-refractivity contribution in [1.29, 1.82) is 0 Å². The van der Waals surface area contributed by atoms with E-state index in [-0.39, 0.29) is 24.3 Å². The topological polar surface area (TPSA) is 46.6 Å². The molecule has 28 heavy (non-hydrogen) atoms. The lowest BCUT2D eigenvalue weighted by Crippen LogP contribution is -2.50. The second kappa shape index (κ2) is 9.16. The first-order chi connectivity index (χ1) is 13.5. The van der Waals surface area contributed by atoms with E-state index in [1.807, 2.05) is 49.4 Å². The van der Waals surface area contributed by atoms with E-state index in [9.17, 15) is 9.59 Å². The van der Waals surface area contributed by atoms with Crippen molar-refractivity contribution in [2.45, 2.75) is 51.7 Å². The first-order valence-corrected chi connectivity index (χ1v) is 10.1. The number of benzene rings is 2. The quantitative estimate of drug-likeness (QED) is 0.673. The van der Waals surface area contributed by atoms with Crippen molar-refractivity contribution in [3.63, 3.8) is 0 Å². The number of carbonyl (C=O) groups excluding carboxylic acids is 2. The van der Waals surface area contributed by atoms with E-state index in [1.165, 1.54) is 5.56 Å². The fourth-order valence-corrected chi connectivity index (χ4v) is 3.68. The van der Waals surface area contributed by atoms with Crippen LogP contribution in [0, 0.1) is 0 Å². The van der Waals surface area contributed by atoms with Crippen molar-refractivity contribution in [3.05, 3.63) is 71.3 Å². The number of morpholine rings is 1. The second-order valence-corrected chi connectivity index (χ2v) is 7.76. The van der Waals surface area contributed by atoms with Crippen molar-refractivity contribution < 1.29 is 14.3 Å². The molecule has 0 spiro atoms. The SMILES string of the molecule is CCN1CC(c2ccccc2)OC(=O)C1CC(=O)Cc1ccc(C(C)C)cc1. The molecule has 0 radical (unpaired) electrons. The molecule has 0 aliphatic carbocycles. The van der Waals surface area contributed by atoms with E-state index in [1.54, 1.807) is 0 Å². The van der Waals surface area contributed by atoms with Crippen LogP contribution >= 0.6 is 0 Å². The number of ether oxygens (including phenoxy) is 1. The maximum atomic E-state index is 12.6. The summed E-state index contributed by atoms with van der Waals surface area (Å²) in [6, 6.07) is 17.4. The summed E-state index contributed by atoms with van der Waals surface area (Å²) in [4.78, 5) is 27.3. The summed E-state index contributed by atoms with van der Waals surface area (Å²) in [6.07, 6.45) is 0.269. The number of esters is 1. The van der Waals surface area contributed by atoms with Crippen molar-refractivity contribution in [2.75, 3.05) is 13.1 Å². The van der Waals surface area contributed by atoms with Crippen molar-refractivity contribution >= 4 is 11.8 Å². The van der Waals surface area contributed by atoms with Crippen LogP contribution < -0.4 is 0 Å². The summed E-state index contributed by atoms with van der Waals surface area (Å²) in [5, 5.41) is 0. The Balaban J connectivity index is 1.62. The van der Waals surface area contributed by atoms with Gasteiger partial charge in [0.1, 0.15) is 17.9 Å². The molecule has 0 bridgehead atoms. The average Bonchev–Trinajstić information content (AvgIpc) is 2.70. The van der Waals surface area contributed by atoms with Gasteiger partial charge in [-0.15, -0.1) is 0 Å². The van der Waals surface area contributed by atoms with Crippen molar-refractivity contribution in [1.82, 2.24) is 4.90 Å². The molecule has 0 saturated carbocycles. The van der Waals surface area contributed by atoms with E-state index in [2.05, 4.69) is 30.9 Å². The maximum Gasteiger partial charge on any atom is 0.324 e. The first-order valence-electron chi connectivity index (χ1n) is 10.1. The van der Waals surface area contributed by atoms with E-state index in [0.717, 1.165) is 11.1 Å². The lowest BCUT2D eigenvalue weighted by molar-refractivity contribution is -0.168. The number of ketones is 1. The molecule has 4 heteroatoms.